The van der Waals surface area contributed by atoms with Gasteiger partial charge in [-0.25, -0.2) is 4.79 Å². The number of ether oxygens (including phenoxy) is 1. The highest BCUT2D eigenvalue weighted by Gasteiger charge is 2.53. The zero-order chi connectivity index (χ0) is 22.0. The Morgan fingerprint density at radius 1 is 1.19 bits per heavy atom. The number of amides is 2. The average Bonchev–Trinajstić information content (AvgIpc) is 2.70. The molecule has 4 aliphatic carbocycles. The SMILES string of the molecule is CCCNC(=O)[C@@H](Cc1cccc(C(=N)N)c1)NC(=O)OC12CC3CC(CC(C3)C1)C2. The number of carbonyl (C=O) groups excluding carboxylic acids is 2. The number of hydrogen-bond donors (Lipinski definition) is 4. The Bertz CT molecular complexity index is 818. The third-order valence-electron chi connectivity index (χ3n) is 7.13. The number of nitrogens with two attached hydrogens (primary N) is 1. The van der Waals surface area contributed by atoms with Gasteiger partial charge < -0.3 is 21.1 Å². The Labute approximate surface area is 184 Å². The second-order valence-corrected chi connectivity index (χ2v) is 9.80. The van der Waals surface area contributed by atoms with Gasteiger partial charge in [0.15, 0.2) is 0 Å². The van der Waals surface area contributed by atoms with Crippen molar-refractivity contribution in [3.8, 4) is 0 Å². The Morgan fingerprint density at radius 2 is 1.84 bits per heavy atom. The van der Waals surface area contributed by atoms with Crippen LogP contribution in [0.5, 0.6) is 0 Å². The fourth-order valence-corrected chi connectivity index (χ4v) is 6.21. The Hall–Kier alpha value is -2.57. The van der Waals surface area contributed by atoms with Crippen molar-refractivity contribution in [2.75, 3.05) is 6.54 Å². The first-order chi connectivity index (χ1) is 14.9. The second-order valence-electron chi connectivity index (χ2n) is 9.80. The smallest absolute Gasteiger partial charge is 0.408 e. The van der Waals surface area contributed by atoms with Crippen LogP contribution in [0.3, 0.4) is 0 Å². The summed E-state index contributed by atoms with van der Waals surface area (Å²) >= 11 is 0. The molecule has 0 radical (unpaired) electrons. The monoisotopic (exact) mass is 426 g/mol. The van der Waals surface area contributed by atoms with Crippen molar-refractivity contribution >= 4 is 17.8 Å². The first-order valence-electron chi connectivity index (χ1n) is 11.6. The molecule has 5 rings (SSSR count). The summed E-state index contributed by atoms with van der Waals surface area (Å²) in [5.74, 6) is 1.78. The first-order valence-corrected chi connectivity index (χ1v) is 11.6. The van der Waals surface area contributed by atoms with Crippen LogP contribution in [0.25, 0.3) is 0 Å². The summed E-state index contributed by atoms with van der Waals surface area (Å²) < 4.78 is 6.05. The molecule has 0 unspecified atom stereocenters. The maximum atomic E-state index is 12.9. The van der Waals surface area contributed by atoms with Gasteiger partial charge in [-0.1, -0.05) is 25.1 Å². The van der Waals surface area contributed by atoms with E-state index in [9.17, 15) is 9.59 Å². The molecule has 1 atom stereocenters. The minimum Gasteiger partial charge on any atom is -0.443 e. The lowest BCUT2D eigenvalue weighted by molar-refractivity contribution is -0.131. The second kappa shape index (κ2) is 8.89. The minimum absolute atomic E-state index is 0.0250. The lowest BCUT2D eigenvalue weighted by Gasteiger charge is -2.55. The molecule has 1 aromatic rings. The van der Waals surface area contributed by atoms with E-state index in [-0.39, 0.29) is 17.3 Å². The van der Waals surface area contributed by atoms with Crippen molar-refractivity contribution in [2.45, 2.75) is 69.9 Å². The third kappa shape index (κ3) is 5.02. The summed E-state index contributed by atoms with van der Waals surface area (Å²) in [6.07, 6.45) is 7.33. The molecule has 0 spiro atoms. The molecule has 1 aromatic carbocycles. The van der Waals surface area contributed by atoms with Crippen LogP contribution in [0.2, 0.25) is 0 Å². The molecule has 7 nitrogen and oxygen atoms in total. The van der Waals surface area contributed by atoms with Crippen LogP contribution < -0.4 is 16.4 Å². The maximum Gasteiger partial charge on any atom is 0.408 e. The minimum atomic E-state index is -0.741. The predicted octanol–water partition coefficient (Wildman–Crippen LogP) is 3.10. The summed E-state index contributed by atoms with van der Waals surface area (Å²) in [7, 11) is 0. The van der Waals surface area contributed by atoms with Gasteiger partial charge in [0.2, 0.25) is 5.91 Å². The molecule has 168 valence electrons. The highest BCUT2D eigenvalue weighted by Crippen LogP contribution is 2.57. The van der Waals surface area contributed by atoms with E-state index in [0.717, 1.165) is 31.2 Å². The van der Waals surface area contributed by atoms with Gasteiger partial charge in [-0.15, -0.1) is 0 Å². The molecule has 0 heterocycles. The molecule has 5 N–H and O–H groups in total. The summed E-state index contributed by atoms with van der Waals surface area (Å²) in [6, 6.07) is 6.48. The molecule has 0 aromatic heterocycles. The van der Waals surface area contributed by atoms with Gasteiger partial charge in [0.1, 0.15) is 17.5 Å². The van der Waals surface area contributed by atoms with E-state index in [1.165, 1.54) is 19.3 Å². The number of hydrogen-bond acceptors (Lipinski definition) is 4. The summed E-state index contributed by atoms with van der Waals surface area (Å²) in [4.78, 5) is 25.7. The number of alkyl carbamates (subject to hydrolysis) is 1. The normalized spacial score (nSPS) is 29.3. The van der Waals surface area contributed by atoms with Crippen molar-refractivity contribution < 1.29 is 14.3 Å². The summed E-state index contributed by atoms with van der Waals surface area (Å²) in [6.45, 7) is 2.54. The van der Waals surface area contributed by atoms with Gasteiger partial charge in [-0.2, -0.15) is 0 Å². The van der Waals surface area contributed by atoms with E-state index in [2.05, 4.69) is 10.6 Å². The summed E-state index contributed by atoms with van der Waals surface area (Å²) in [5, 5.41) is 13.4. The van der Waals surface area contributed by atoms with Crippen molar-refractivity contribution in [1.82, 2.24) is 10.6 Å². The van der Waals surface area contributed by atoms with Gasteiger partial charge in [-0.05, 0) is 74.3 Å². The van der Waals surface area contributed by atoms with E-state index in [0.29, 0.717) is 36.3 Å². The Kier molecular flexibility index (Phi) is 6.21. The molecule has 0 saturated heterocycles. The largest absolute Gasteiger partial charge is 0.443 e. The van der Waals surface area contributed by atoms with Crippen molar-refractivity contribution in [2.24, 2.45) is 23.5 Å². The van der Waals surface area contributed by atoms with E-state index >= 15 is 0 Å². The van der Waals surface area contributed by atoms with E-state index in [1.54, 1.807) is 18.2 Å². The molecule has 4 fully saturated rings. The standard InChI is InChI=1S/C24H34N4O3/c1-2-6-27-22(29)20(11-15-4-3-5-19(10-15)21(25)26)28-23(30)31-24-12-16-7-17(13-24)9-18(8-16)14-24/h3-5,10,16-18,20H,2,6-9,11-14H2,1H3,(H3,25,26)(H,27,29)(H,28,30)/t16?,17?,18?,20-,24?/m1/s1. The van der Waals surface area contributed by atoms with Gasteiger partial charge in [-0.3, -0.25) is 10.2 Å². The average molecular weight is 427 g/mol. The van der Waals surface area contributed by atoms with Crippen LogP contribution in [0, 0.1) is 23.2 Å². The molecule has 0 aliphatic heterocycles. The predicted molar refractivity (Wildman–Crippen MR) is 119 cm³/mol. The number of amidine groups is 1. The van der Waals surface area contributed by atoms with Gasteiger partial charge in [0.25, 0.3) is 0 Å². The molecule has 31 heavy (non-hydrogen) atoms. The quantitative estimate of drug-likeness (QED) is 0.377. The van der Waals surface area contributed by atoms with Gasteiger partial charge >= 0.3 is 6.09 Å². The van der Waals surface area contributed by atoms with Crippen LogP contribution in [-0.4, -0.2) is 36.0 Å². The van der Waals surface area contributed by atoms with Gasteiger partial charge in [0.05, 0.1) is 0 Å². The Morgan fingerprint density at radius 3 is 2.42 bits per heavy atom. The van der Waals surface area contributed by atoms with Crippen molar-refractivity contribution in [3.05, 3.63) is 35.4 Å². The van der Waals surface area contributed by atoms with Crippen molar-refractivity contribution in [3.63, 3.8) is 0 Å². The molecule has 4 aliphatic rings. The highest BCUT2D eigenvalue weighted by atomic mass is 16.6. The van der Waals surface area contributed by atoms with Crippen LogP contribution in [0.1, 0.15) is 63.0 Å². The topological polar surface area (TPSA) is 117 Å². The molecular weight excluding hydrogens is 392 g/mol. The fourth-order valence-electron chi connectivity index (χ4n) is 6.21. The van der Waals surface area contributed by atoms with Crippen molar-refractivity contribution in [1.29, 1.82) is 5.41 Å². The summed E-state index contributed by atoms with van der Waals surface area (Å²) in [5.41, 5.74) is 6.68. The zero-order valence-corrected chi connectivity index (χ0v) is 18.3. The number of nitrogen functional groups attached to an aromatic ring is 1. The van der Waals surface area contributed by atoms with E-state index in [1.807, 2.05) is 13.0 Å². The zero-order valence-electron chi connectivity index (χ0n) is 18.3. The van der Waals surface area contributed by atoms with Crippen LogP contribution in [-0.2, 0) is 16.0 Å². The van der Waals surface area contributed by atoms with E-state index < -0.39 is 12.1 Å². The lowest BCUT2D eigenvalue weighted by atomic mass is 9.54. The van der Waals surface area contributed by atoms with E-state index in [4.69, 9.17) is 15.9 Å². The number of nitrogens with one attached hydrogen (secondary N) is 3. The van der Waals surface area contributed by atoms with Gasteiger partial charge in [0, 0.05) is 18.5 Å². The van der Waals surface area contributed by atoms with Crippen LogP contribution in [0.15, 0.2) is 24.3 Å². The molecular formula is C24H34N4O3. The first kappa shape index (κ1) is 21.7. The van der Waals surface area contributed by atoms with Crippen LogP contribution in [0.4, 0.5) is 4.79 Å². The molecule has 2 amide bonds. The molecule has 7 heteroatoms. The number of rotatable bonds is 8. The molecule has 4 bridgehead atoms. The highest BCUT2D eigenvalue weighted by molar-refractivity contribution is 5.95. The number of benzene rings is 1. The lowest BCUT2D eigenvalue weighted by Crippen LogP contribution is -2.55. The maximum absolute atomic E-state index is 12.9. The van der Waals surface area contributed by atoms with Crippen LogP contribution >= 0.6 is 0 Å². The fraction of sp³-hybridized carbons (Fsp3) is 0.625. The Balaban J connectivity index is 1.44. The third-order valence-corrected chi connectivity index (χ3v) is 7.13. The number of carbonyl (C=O) groups is 2. The molecule has 4 saturated carbocycles.